The molecule has 0 heterocycles. The van der Waals surface area contributed by atoms with Crippen LogP contribution in [0.1, 0.15) is 11.1 Å². The molecule has 2 aromatic rings. The van der Waals surface area contributed by atoms with Crippen LogP contribution in [0.2, 0.25) is 0 Å². The van der Waals surface area contributed by atoms with Gasteiger partial charge in [-0.15, -0.1) is 0 Å². The Kier molecular flexibility index (Phi) is 4.68. The van der Waals surface area contributed by atoms with Crippen molar-refractivity contribution >= 4 is 12.6 Å². The molecule has 0 amide bonds. The van der Waals surface area contributed by atoms with Crippen LogP contribution in [-0.2, 0) is 18.0 Å². The number of hydrogen-bond acceptors (Lipinski definition) is 3. The molecule has 0 bridgehead atoms. The lowest BCUT2D eigenvalue weighted by molar-refractivity contribution is 0.107. The van der Waals surface area contributed by atoms with Crippen LogP contribution in [0.4, 0.5) is 4.39 Å². The Morgan fingerprint density at radius 1 is 0.947 bits per heavy atom. The van der Waals surface area contributed by atoms with E-state index in [1.807, 2.05) is 30.3 Å². The van der Waals surface area contributed by atoms with Crippen LogP contribution < -0.4 is 5.46 Å². The highest BCUT2D eigenvalue weighted by atomic mass is 19.1. The summed E-state index contributed by atoms with van der Waals surface area (Å²) in [6.45, 7) is 0.723. The van der Waals surface area contributed by atoms with Crippen LogP contribution in [0.5, 0.6) is 0 Å². The highest BCUT2D eigenvalue weighted by molar-refractivity contribution is 6.58. The van der Waals surface area contributed by atoms with E-state index >= 15 is 0 Å². The molecule has 2 N–H and O–H groups in total. The first-order valence-electron chi connectivity index (χ1n) is 5.93. The lowest BCUT2D eigenvalue weighted by Gasteiger charge is -2.07. The summed E-state index contributed by atoms with van der Waals surface area (Å²) in [5, 5.41) is 17.8. The van der Waals surface area contributed by atoms with Crippen molar-refractivity contribution in [3.8, 4) is 0 Å². The molecule has 2 aromatic carbocycles. The molecule has 5 heteroatoms. The minimum atomic E-state index is -1.79. The van der Waals surface area contributed by atoms with E-state index in [1.54, 1.807) is 6.07 Å². The lowest BCUT2D eigenvalue weighted by Crippen LogP contribution is -2.32. The van der Waals surface area contributed by atoms with Gasteiger partial charge in [-0.3, -0.25) is 0 Å². The summed E-state index contributed by atoms with van der Waals surface area (Å²) in [6, 6.07) is 13.9. The monoisotopic (exact) mass is 260 g/mol. The van der Waals surface area contributed by atoms with Crippen molar-refractivity contribution in [1.29, 1.82) is 0 Å². The molecule has 0 saturated carbocycles. The normalized spacial score (nSPS) is 10.5. The molecule has 0 aliphatic rings. The van der Waals surface area contributed by atoms with Crippen LogP contribution in [0.3, 0.4) is 0 Å². The second-order valence-electron chi connectivity index (χ2n) is 4.21. The summed E-state index contributed by atoms with van der Waals surface area (Å²) in [4.78, 5) is 0. The summed E-state index contributed by atoms with van der Waals surface area (Å²) < 4.78 is 18.9. The van der Waals surface area contributed by atoms with Crippen LogP contribution in [0, 0.1) is 5.82 Å². The molecule has 0 unspecified atom stereocenters. The predicted molar refractivity (Wildman–Crippen MR) is 71.2 cm³/mol. The van der Waals surface area contributed by atoms with Crippen molar-refractivity contribution in [3.05, 3.63) is 65.5 Å². The van der Waals surface area contributed by atoms with E-state index in [-0.39, 0.29) is 12.1 Å². The largest absolute Gasteiger partial charge is 0.491 e. The molecule has 19 heavy (non-hydrogen) atoms. The topological polar surface area (TPSA) is 49.7 Å². The molecule has 2 rings (SSSR count). The second-order valence-corrected chi connectivity index (χ2v) is 4.21. The number of benzene rings is 2. The lowest BCUT2D eigenvalue weighted by atomic mass is 9.79. The van der Waals surface area contributed by atoms with E-state index in [1.165, 1.54) is 12.1 Å². The zero-order valence-electron chi connectivity index (χ0n) is 10.3. The Morgan fingerprint density at radius 3 is 2.26 bits per heavy atom. The molecular formula is C14H14BFO3. The Bertz CT molecular complexity index is 531. The fraction of sp³-hybridized carbons (Fsp3) is 0.143. The van der Waals surface area contributed by atoms with Crippen LogP contribution in [0.25, 0.3) is 0 Å². The van der Waals surface area contributed by atoms with Crippen LogP contribution in [-0.4, -0.2) is 17.2 Å². The summed E-state index contributed by atoms with van der Waals surface area (Å²) in [5.41, 5.74) is 1.56. The van der Waals surface area contributed by atoms with E-state index in [0.29, 0.717) is 12.2 Å². The fourth-order valence-electron chi connectivity index (χ4n) is 1.73. The van der Waals surface area contributed by atoms with Crippen molar-refractivity contribution < 1.29 is 19.2 Å². The van der Waals surface area contributed by atoms with E-state index in [2.05, 4.69) is 0 Å². The Labute approximate surface area is 111 Å². The maximum Gasteiger partial charge on any atom is 0.491 e. The minimum Gasteiger partial charge on any atom is -0.423 e. The van der Waals surface area contributed by atoms with Gasteiger partial charge in [-0.25, -0.2) is 4.39 Å². The highest BCUT2D eigenvalue weighted by Gasteiger charge is 2.16. The van der Waals surface area contributed by atoms with E-state index in [0.717, 1.165) is 5.56 Å². The molecule has 0 radical (unpaired) electrons. The minimum absolute atomic E-state index is 0.133. The van der Waals surface area contributed by atoms with Gasteiger partial charge in [0.15, 0.2) is 0 Å². The number of halogens is 1. The summed E-state index contributed by atoms with van der Waals surface area (Å²) in [6.07, 6.45) is 0. The van der Waals surface area contributed by atoms with Crippen molar-refractivity contribution in [3.63, 3.8) is 0 Å². The third-order valence-electron chi connectivity index (χ3n) is 2.72. The molecule has 98 valence electrons. The maximum absolute atomic E-state index is 13.5. The van der Waals surface area contributed by atoms with Gasteiger partial charge in [-0.2, -0.15) is 0 Å². The van der Waals surface area contributed by atoms with Crippen molar-refractivity contribution in [2.24, 2.45) is 0 Å². The molecule has 0 aliphatic carbocycles. The van der Waals surface area contributed by atoms with Gasteiger partial charge in [0.05, 0.1) is 13.2 Å². The quantitative estimate of drug-likeness (QED) is 0.795. The van der Waals surface area contributed by atoms with E-state index < -0.39 is 12.9 Å². The summed E-state index contributed by atoms with van der Waals surface area (Å²) >= 11 is 0. The first-order valence-corrected chi connectivity index (χ1v) is 5.93. The first-order chi connectivity index (χ1) is 9.16. The number of rotatable bonds is 5. The van der Waals surface area contributed by atoms with Crippen molar-refractivity contribution in [2.45, 2.75) is 13.2 Å². The Balaban J connectivity index is 1.92. The molecule has 0 saturated heterocycles. The first kappa shape index (κ1) is 13.7. The van der Waals surface area contributed by atoms with Gasteiger partial charge in [-0.05, 0) is 17.2 Å². The third-order valence-corrected chi connectivity index (χ3v) is 2.72. The Hall–Kier alpha value is -1.69. The van der Waals surface area contributed by atoms with Crippen molar-refractivity contribution in [1.82, 2.24) is 0 Å². The number of ether oxygens (including phenoxy) is 1. The van der Waals surface area contributed by atoms with Crippen LogP contribution in [0.15, 0.2) is 48.5 Å². The molecule has 0 aromatic heterocycles. The predicted octanol–water partition coefficient (Wildman–Crippen LogP) is 1.22. The SMILES string of the molecule is OB(O)c1ccc(COCc2ccccc2)cc1F. The van der Waals surface area contributed by atoms with Gasteiger partial charge in [0.25, 0.3) is 0 Å². The second kappa shape index (κ2) is 6.47. The van der Waals surface area contributed by atoms with Gasteiger partial charge in [0, 0.05) is 5.46 Å². The summed E-state index contributed by atoms with van der Waals surface area (Å²) in [5.74, 6) is -0.643. The fourth-order valence-corrected chi connectivity index (χ4v) is 1.73. The highest BCUT2D eigenvalue weighted by Crippen LogP contribution is 2.07. The van der Waals surface area contributed by atoms with Gasteiger partial charge >= 0.3 is 7.12 Å². The van der Waals surface area contributed by atoms with E-state index in [9.17, 15) is 4.39 Å². The maximum atomic E-state index is 13.5. The summed E-state index contributed by atoms with van der Waals surface area (Å²) in [7, 11) is -1.79. The van der Waals surface area contributed by atoms with Gasteiger partial charge in [0.1, 0.15) is 5.82 Å². The van der Waals surface area contributed by atoms with Gasteiger partial charge < -0.3 is 14.8 Å². The van der Waals surface area contributed by atoms with Gasteiger partial charge in [0.2, 0.25) is 0 Å². The van der Waals surface area contributed by atoms with Gasteiger partial charge in [-0.1, -0.05) is 42.5 Å². The van der Waals surface area contributed by atoms with Crippen molar-refractivity contribution in [2.75, 3.05) is 0 Å². The average Bonchev–Trinajstić information content (AvgIpc) is 2.39. The number of hydrogen-bond donors (Lipinski definition) is 2. The molecule has 3 nitrogen and oxygen atoms in total. The zero-order chi connectivity index (χ0) is 13.7. The average molecular weight is 260 g/mol. The zero-order valence-corrected chi connectivity index (χ0v) is 10.3. The molecule has 0 atom stereocenters. The van der Waals surface area contributed by atoms with E-state index in [4.69, 9.17) is 14.8 Å². The molecule has 0 spiro atoms. The Morgan fingerprint density at radius 2 is 1.63 bits per heavy atom. The molecule has 0 aliphatic heterocycles. The third kappa shape index (κ3) is 3.89. The molecular weight excluding hydrogens is 246 g/mol. The van der Waals surface area contributed by atoms with Crippen LogP contribution >= 0.6 is 0 Å². The standard InChI is InChI=1S/C14H14BFO3/c16-14-8-12(6-7-13(14)15(17)18)10-19-9-11-4-2-1-3-5-11/h1-8,17-18H,9-10H2. The molecule has 0 fully saturated rings. The smallest absolute Gasteiger partial charge is 0.423 e.